The molecule has 0 spiro atoms. The van der Waals surface area contributed by atoms with Crippen LogP contribution in [0.1, 0.15) is 7.43 Å². The van der Waals surface area contributed by atoms with E-state index in [1.165, 1.54) is 0 Å². The molecule has 0 saturated carbocycles. The second-order valence-electron chi connectivity index (χ2n) is 1.01. The Labute approximate surface area is 65.5 Å². The van der Waals surface area contributed by atoms with Gasteiger partial charge in [0.1, 0.15) is 0 Å². The average Bonchev–Trinajstić information content (AvgIpc) is 1.89. The van der Waals surface area contributed by atoms with Crippen LogP contribution in [0.4, 0.5) is 0 Å². The fraction of sp³-hybridized carbons (Fsp3) is 0.143. The van der Waals surface area contributed by atoms with Crippen molar-refractivity contribution >= 4 is 11.9 Å². The van der Waals surface area contributed by atoms with Gasteiger partial charge in [-0.25, -0.2) is 9.59 Å². The van der Waals surface area contributed by atoms with Crippen LogP contribution in [0.25, 0.3) is 0 Å². The molecule has 0 radical (unpaired) electrons. The summed E-state index contributed by atoms with van der Waals surface area (Å²) in [6.07, 6.45) is 1.12. The highest BCUT2D eigenvalue weighted by Gasteiger charge is 1.88. The molecule has 0 aromatic rings. The lowest BCUT2D eigenvalue weighted by atomic mass is 10.5. The first-order chi connectivity index (χ1) is 4.63. The molecule has 0 aliphatic carbocycles. The number of carboxylic acids is 2. The molecule has 4 nitrogen and oxygen atoms in total. The third kappa shape index (κ3) is 29.7. The highest BCUT2D eigenvalue weighted by Crippen LogP contribution is 1.70. The van der Waals surface area contributed by atoms with E-state index in [0.29, 0.717) is 12.2 Å². The zero-order chi connectivity index (χ0) is 8.57. The van der Waals surface area contributed by atoms with Crippen LogP contribution in [0.3, 0.4) is 0 Å². The summed E-state index contributed by atoms with van der Waals surface area (Å²) in [5.41, 5.74) is 0. The van der Waals surface area contributed by atoms with Gasteiger partial charge in [-0.1, -0.05) is 7.43 Å². The fourth-order valence-corrected chi connectivity index (χ4v) is 0.143. The van der Waals surface area contributed by atoms with Crippen molar-refractivity contribution in [2.24, 2.45) is 0 Å². The predicted octanol–water partition coefficient (Wildman–Crippen LogP) is 1.15. The van der Waals surface area contributed by atoms with Crippen molar-refractivity contribution < 1.29 is 19.8 Å². The Morgan fingerprint density at radius 2 is 1.18 bits per heavy atom. The van der Waals surface area contributed by atoms with Gasteiger partial charge in [-0.2, -0.15) is 0 Å². The van der Waals surface area contributed by atoms with Gasteiger partial charge in [0.25, 0.3) is 0 Å². The maximum Gasteiger partial charge on any atom is 0.328 e. The van der Waals surface area contributed by atoms with Crippen LogP contribution in [0, 0.1) is 0 Å². The molecule has 0 rings (SSSR count). The molecule has 0 aliphatic rings. The molecule has 11 heavy (non-hydrogen) atoms. The Bertz CT molecular complexity index is 133. The van der Waals surface area contributed by atoms with Crippen LogP contribution in [0.15, 0.2) is 25.3 Å². The highest BCUT2D eigenvalue weighted by atomic mass is 16.4. The van der Waals surface area contributed by atoms with Gasteiger partial charge in [0.2, 0.25) is 0 Å². The zero-order valence-electron chi connectivity index (χ0n) is 5.28. The van der Waals surface area contributed by atoms with Crippen molar-refractivity contribution in [1.82, 2.24) is 0 Å². The van der Waals surface area contributed by atoms with E-state index in [1.807, 2.05) is 0 Å². The second kappa shape index (κ2) is 11.2. The molecular formula is C7H12O4. The lowest BCUT2D eigenvalue weighted by Gasteiger charge is -1.74. The number of aliphatic carboxylic acids is 2. The van der Waals surface area contributed by atoms with E-state index in [0.717, 1.165) is 0 Å². The van der Waals surface area contributed by atoms with Crippen molar-refractivity contribution in [2.75, 3.05) is 0 Å². The summed E-state index contributed by atoms with van der Waals surface area (Å²) in [5, 5.41) is 15.6. The van der Waals surface area contributed by atoms with E-state index < -0.39 is 11.9 Å². The molecule has 2 N–H and O–H groups in total. The van der Waals surface area contributed by atoms with Gasteiger partial charge >= 0.3 is 11.9 Å². The predicted molar refractivity (Wildman–Crippen MR) is 42.4 cm³/mol. The van der Waals surface area contributed by atoms with Crippen molar-refractivity contribution in [2.45, 2.75) is 7.43 Å². The van der Waals surface area contributed by atoms with Crippen LogP contribution in [0.2, 0.25) is 0 Å². The van der Waals surface area contributed by atoms with E-state index in [1.54, 1.807) is 0 Å². The molecule has 0 amide bonds. The lowest BCUT2D eigenvalue weighted by molar-refractivity contribution is -0.134. The van der Waals surface area contributed by atoms with Crippen molar-refractivity contribution in [1.29, 1.82) is 0 Å². The summed E-state index contributed by atoms with van der Waals surface area (Å²) in [5.74, 6) is -2.51. The Morgan fingerprint density at radius 3 is 1.27 bits per heavy atom. The molecule has 0 heterocycles. The van der Waals surface area contributed by atoms with Crippen molar-refractivity contribution in [3.63, 3.8) is 0 Å². The summed E-state index contributed by atoms with van der Waals surface area (Å²) >= 11 is 0. The molecular weight excluding hydrogens is 148 g/mol. The van der Waals surface area contributed by atoms with Crippen LogP contribution in [0.5, 0.6) is 0 Å². The van der Waals surface area contributed by atoms with Gasteiger partial charge in [0.15, 0.2) is 0 Å². The number of carboxylic acid groups (broad SMARTS) is 2. The second-order valence-corrected chi connectivity index (χ2v) is 1.01. The molecule has 0 saturated heterocycles. The molecule has 0 atom stereocenters. The summed E-state index contributed by atoms with van der Waals surface area (Å²) in [6.45, 7) is 6.00. The molecule has 0 bridgehead atoms. The maximum atomic E-state index is 9.55. The number of hydrogen-bond donors (Lipinski definition) is 2. The Morgan fingerprint density at radius 1 is 1.00 bits per heavy atom. The number of carbonyl (C=O) groups is 2. The summed E-state index contributed by atoms with van der Waals surface area (Å²) in [6, 6.07) is 0. The SMILES string of the molecule is C.C=C.O=C(O)/C=C\C(=O)O. The lowest BCUT2D eigenvalue weighted by Crippen LogP contribution is -1.91. The zero-order valence-corrected chi connectivity index (χ0v) is 5.28. The largest absolute Gasteiger partial charge is 0.478 e. The summed E-state index contributed by atoms with van der Waals surface area (Å²) in [7, 11) is 0. The van der Waals surface area contributed by atoms with Gasteiger partial charge in [-0.05, 0) is 0 Å². The first kappa shape index (κ1) is 16.2. The highest BCUT2D eigenvalue weighted by molar-refractivity contribution is 5.89. The number of hydrogen-bond acceptors (Lipinski definition) is 2. The van der Waals surface area contributed by atoms with Crippen molar-refractivity contribution in [3.05, 3.63) is 25.3 Å². The van der Waals surface area contributed by atoms with E-state index in [-0.39, 0.29) is 7.43 Å². The number of rotatable bonds is 2. The molecule has 0 aromatic heterocycles. The Kier molecular flexibility index (Phi) is 16.6. The molecule has 0 aliphatic heterocycles. The smallest absolute Gasteiger partial charge is 0.328 e. The van der Waals surface area contributed by atoms with Gasteiger partial charge in [-0.3, -0.25) is 0 Å². The van der Waals surface area contributed by atoms with Crippen molar-refractivity contribution in [3.8, 4) is 0 Å². The average molecular weight is 160 g/mol. The van der Waals surface area contributed by atoms with E-state index in [4.69, 9.17) is 10.2 Å². The Balaban J connectivity index is -0.000000196. The monoisotopic (exact) mass is 160 g/mol. The van der Waals surface area contributed by atoms with Crippen LogP contribution >= 0.6 is 0 Å². The molecule has 0 aromatic carbocycles. The summed E-state index contributed by atoms with van der Waals surface area (Å²) < 4.78 is 0. The fourth-order valence-electron chi connectivity index (χ4n) is 0.143. The quantitative estimate of drug-likeness (QED) is 0.469. The molecule has 4 heteroatoms. The molecule has 0 unspecified atom stereocenters. The normalized spacial score (nSPS) is 7.27. The van der Waals surface area contributed by atoms with Crippen LogP contribution < -0.4 is 0 Å². The third-order valence-corrected chi connectivity index (χ3v) is 0.368. The van der Waals surface area contributed by atoms with Crippen LogP contribution in [-0.2, 0) is 9.59 Å². The maximum absolute atomic E-state index is 9.55. The van der Waals surface area contributed by atoms with E-state index in [2.05, 4.69) is 13.2 Å². The minimum absolute atomic E-state index is 0. The van der Waals surface area contributed by atoms with Gasteiger partial charge < -0.3 is 10.2 Å². The minimum atomic E-state index is -1.26. The Hall–Kier alpha value is -1.58. The first-order valence-electron chi connectivity index (χ1n) is 2.27. The minimum Gasteiger partial charge on any atom is -0.478 e. The summed E-state index contributed by atoms with van der Waals surface area (Å²) in [4.78, 5) is 19.1. The first-order valence-corrected chi connectivity index (χ1v) is 2.27. The molecule has 0 fully saturated rings. The van der Waals surface area contributed by atoms with Gasteiger partial charge in [-0.15, -0.1) is 13.2 Å². The van der Waals surface area contributed by atoms with E-state index in [9.17, 15) is 9.59 Å². The van der Waals surface area contributed by atoms with Gasteiger partial charge in [0, 0.05) is 12.2 Å². The topological polar surface area (TPSA) is 74.6 Å². The van der Waals surface area contributed by atoms with Gasteiger partial charge in [0.05, 0.1) is 0 Å². The standard InChI is InChI=1S/C4H4O4.C2H4.CH4/c5-3(6)1-2-4(7)8;1-2;/h1-2H,(H,5,6)(H,7,8);1-2H2;1H4/b2-1-;;. The third-order valence-electron chi connectivity index (χ3n) is 0.368. The molecule has 64 valence electrons. The van der Waals surface area contributed by atoms with Crippen LogP contribution in [-0.4, -0.2) is 22.2 Å². The van der Waals surface area contributed by atoms with E-state index >= 15 is 0 Å².